The lowest BCUT2D eigenvalue weighted by Gasteiger charge is -2.14. The van der Waals surface area contributed by atoms with Gasteiger partial charge in [-0.1, -0.05) is 17.7 Å². The summed E-state index contributed by atoms with van der Waals surface area (Å²) in [7, 11) is 0. The first-order valence-electron chi connectivity index (χ1n) is 8.39. The Balaban J connectivity index is 1.40. The predicted molar refractivity (Wildman–Crippen MR) is 87.9 cm³/mol. The fourth-order valence-electron chi connectivity index (χ4n) is 4.20. The Morgan fingerprint density at radius 3 is 2.54 bits per heavy atom. The Bertz CT molecular complexity index is 904. The van der Waals surface area contributed by atoms with E-state index >= 15 is 0 Å². The summed E-state index contributed by atoms with van der Waals surface area (Å²) >= 11 is 6.03. The monoisotopic (exact) mass is 376 g/mol. The summed E-state index contributed by atoms with van der Waals surface area (Å²) in [6.07, 6.45) is 2.69. The molecule has 0 radical (unpaired) electrons. The lowest BCUT2D eigenvalue weighted by Crippen LogP contribution is -2.35. The van der Waals surface area contributed by atoms with Gasteiger partial charge in [0.2, 0.25) is 11.8 Å². The molecule has 1 aromatic heterocycles. The number of amides is 2. The number of rotatable bonds is 3. The number of benzene rings is 1. The molecular weight excluding hydrogens is 363 g/mol. The molecule has 9 heteroatoms. The zero-order valence-corrected chi connectivity index (χ0v) is 14.3. The quantitative estimate of drug-likeness (QED) is 0.763. The summed E-state index contributed by atoms with van der Waals surface area (Å²) < 4.78 is 20.3. The van der Waals surface area contributed by atoms with Crippen molar-refractivity contribution in [2.24, 2.45) is 11.8 Å². The van der Waals surface area contributed by atoms with Crippen LogP contribution in [0, 0.1) is 17.7 Å². The van der Waals surface area contributed by atoms with Crippen LogP contribution in [0.1, 0.15) is 18.4 Å². The number of aromatic nitrogens is 3. The van der Waals surface area contributed by atoms with E-state index in [9.17, 15) is 14.0 Å². The minimum atomic E-state index is -0.422. The summed E-state index contributed by atoms with van der Waals surface area (Å²) in [5.41, 5.74) is 0.659. The zero-order chi connectivity index (χ0) is 18.0. The maximum absolute atomic E-state index is 13.2. The number of ether oxygens (including phenoxy) is 1. The third-order valence-electron chi connectivity index (χ3n) is 5.36. The minimum absolute atomic E-state index is 0.0621. The molecule has 3 fully saturated rings. The second kappa shape index (κ2) is 5.59. The highest BCUT2D eigenvalue weighted by atomic mass is 35.5. The van der Waals surface area contributed by atoms with Gasteiger partial charge in [-0.05, 0) is 30.5 Å². The number of imide groups is 1. The fourth-order valence-corrected chi connectivity index (χ4v) is 4.42. The van der Waals surface area contributed by atoms with Crippen LogP contribution in [0.5, 0.6) is 0 Å². The van der Waals surface area contributed by atoms with E-state index in [0.717, 1.165) is 17.7 Å². The third-order valence-corrected chi connectivity index (χ3v) is 5.71. The molecule has 0 unspecified atom stereocenters. The van der Waals surface area contributed by atoms with Gasteiger partial charge in [0.15, 0.2) is 0 Å². The van der Waals surface area contributed by atoms with Gasteiger partial charge in [0, 0.05) is 5.02 Å². The molecule has 0 saturated carbocycles. The Morgan fingerprint density at radius 1 is 1.19 bits per heavy atom. The molecule has 2 amide bonds. The van der Waals surface area contributed by atoms with Crippen LogP contribution in [0.25, 0.3) is 0 Å². The smallest absolute Gasteiger partial charge is 0.258 e. The standard InChI is InChI=1S/C17H14ClFN4O3/c18-10-5-9(19)2-1-8(10)6-22-7-20-17(21-22)23-15(24)13-11-3-4-12(26-11)14(13)16(23)25/h1-2,5,7,11-14H,3-4,6H2/t11-,12-,13-,14-/m0/s1. The lowest BCUT2D eigenvalue weighted by molar-refractivity contribution is -0.124. The molecule has 134 valence electrons. The highest BCUT2D eigenvalue weighted by Crippen LogP contribution is 2.48. The van der Waals surface area contributed by atoms with E-state index < -0.39 is 17.7 Å². The Kier molecular flexibility index (Phi) is 3.42. The summed E-state index contributed by atoms with van der Waals surface area (Å²) in [5.74, 6) is -1.77. The number of nitrogens with zero attached hydrogens (tertiary/aromatic N) is 4. The van der Waals surface area contributed by atoms with Crippen molar-refractivity contribution in [1.82, 2.24) is 14.8 Å². The summed E-state index contributed by atoms with van der Waals surface area (Å²) in [6.45, 7) is 0.254. The minimum Gasteiger partial charge on any atom is -0.373 e. The average Bonchev–Trinajstić information content (AvgIpc) is 3.35. The van der Waals surface area contributed by atoms with Crippen molar-refractivity contribution in [3.05, 3.63) is 40.9 Å². The molecule has 3 saturated heterocycles. The van der Waals surface area contributed by atoms with E-state index in [0.29, 0.717) is 5.56 Å². The van der Waals surface area contributed by atoms with Gasteiger partial charge in [-0.25, -0.2) is 14.0 Å². The van der Waals surface area contributed by atoms with Crippen molar-refractivity contribution in [2.45, 2.75) is 31.6 Å². The van der Waals surface area contributed by atoms with E-state index in [2.05, 4.69) is 10.1 Å². The Hall–Kier alpha value is -2.32. The molecule has 0 N–H and O–H groups in total. The number of carbonyl (C=O) groups excluding carboxylic acids is 2. The van der Waals surface area contributed by atoms with Gasteiger partial charge >= 0.3 is 0 Å². The second-order valence-corrected chi connectivity index (χ2v) is 7.24. The number of halogens is 2. The molecule has 26 heavy (non-hydrogen) atoms. The van der Waals surface area contributed by atoms with Crippen LogP contribution < -0.4 is 4.90 Å². The Morgan fingerprint density at radius 2 is 1.88 bits per heavy atom. The number of hydrogen-bond acceptors (Lipinski definition) is 5. The van der Waals surface area contributed by atoms with Gasteiger partial charge in [0.25, 0.3) is 5.95 Å². The Labute approximate surface area is 152 Å². The largest absolute Gasteiger partial charge is 0.373 e. The molecule has 3 aliphatic rings. The molecule has 2 bridgehead atoms. The second-order valence-electron chi connectivity index (χ2n) is 6.83. The molecule has 3 aliphatic heterocycles. The van der Waals surface area contributed by atoms with Crippen LogP contribution >= 0.6 is 11.6 Å². The SMILES string of the molecule is O=C1[C@@H]2[C@@H](C(=O)N1c1ncn(Cc3ccc(F)cc3Cl)n1)[C@@H]1CC[C@@H]2O1. The molecule has 5 rings (SSSR count). The topological polar surface area (TPSA) is 77.3 Å². The molecule has 4 heterocycles. The molecule has 0 aliphatic carbocycles. The fraction of sp³-hybridized carbons (Fsp3) is 0.412. The zero-order valence-electron chi connectivity index (χ0n) is 13.5. The summed E-state index contributed by atoms with van der Waals surface area (Å²) in [6, 6.07) is 4.09. The molecule has 0 spiro atoms. The highest BCUT2D eigenvalue weighted by Gasteiger charge is 2.63. The normalized spacial score (nSPS) is 29.7. The maximum Gasteiger partial charge on any atom is 0.258 e. The van der Waals surface area contributed by atoms with Crippen LogP contribution in [0.2, 0.25) is 5.02 Å². The first kappa shape index (κ1) is 15.9. The lowest BCUT2D eigenvalue weighted by atomic mass is 9.81. The van der Waals surface area contributed by atoms with E-state index in [1.165, 1.54) is 23.1 Å². The number of hydrogen-bond donors (Lipinski definition) is 0. The van der Waals surface area contributed by atoms with E-state index in [4.69, 9.17) is 16.3 Å². The van der Waals surface area contributed by atoms with Crippen molar-refractivity contribution in [3.8, 4) is 0 Å². The highest BCUT2D eigenvalue weighted by molar-refractivity contribution is 6.31. The first-order chi connectivity index (χ1) is 12.5. The van der Waals surface area contributed by atoms with Crippen LogP contribution in [0.3, 0.4) is 0 Å². The van der Waals surface area contributed by atoms with Crippen molar-refractivity contribution in [3.63, 3.8) is 0 Å². The van der Waals surface area contributed by atoms with Crippen molar-refractivity contribution in [1.29, 1.82) is 0 Å². The molecular formula is C17H14ClFN4O3. The average molecular weight is 377 g/mol. The maximum atomic E-state index is 13.2. The van der Waals surface area contributed by atoms with E-state index in [-0.39, 0.29) is 41.5 Å². The van der Waals surface area contributed by atoms with Crippen LogP contribution in [0.15, 0.2) is 24.5 Å². The predicted octanol–water partition coefficient (Wildman–Crippen LogP) is 1.79. The van der Waals surface area contributed by atoms with Crippen LogP contribution in [-0.4, -0.2) is 38.8 Å². The number of anilines is 1. The van der Waals surface area contributed by atoms with Crippen LogP contribution in [-0.2, 0) is 20.9 Å². The van der Waals surface area contributed by atoms with Crippen molar-refractivity contribution >= 4 is 29.4 Å². The summed E-state index contributed by atoms with van der Waals surface area (Å²) in [4.78, 5) is 30.6. The summed E-state index contributed by atoms with van der Waals surface area (Å²) in [5, 5.41) is 4.52. The third kappa shape index (κ3) is 2.22. The van der Waals surface area contributed by atoms with Gasteiger partial charge in [-0.15, -0.1) is 5.10 Å². The van der Waals surface area contributed by atoms with E-state index in [1.54, 1.807) is 6.07 Å². The number of fused-ring (bicyclic) bond motifs is 5. The molecule has 7 nitrogen and oxygen atoms in total. The first-order valence-corrected chi connectivity index (χ1v) is 8.77. The molecule has 4 atom stereocenters. The van der Waals surface area contributed by atoms with Crippen LogP contribution in [0.4, 0.5) is 10.3 Å². The number of carbonyl (C=O) groups is 2. The van der Waals surface area contributed by atoms with Gasteiger partial charge in [0.1, 0.15) is 12.1 Å². The van der Waals surface area contributed by atoms with E-state index in [1.807, 2.05) is 0 Å². The molecule has 1 aromatic carbocycles. The van der Waals surface area contributed by atoms with Gasteiger partial charge < -0.3 is 4.74 Å². The van der Waals surface area contributed by atoms with Crippen molar-refractivity contribution in [2.75, 3.05) is 4.90 Å². The van der Waals surface area contributed by atoms with Gasteiger partial charge in [0.05, 0.1) is 30.6 Å². The van der Waals surface area contributed by atoms with Crippen molar-refractivity contribution < 1.29 is 18.7 Å². The van der Waals surface area contributed by atoms with Gasteiger partial charge in [-0.2, -0.15) is 4.98 Å². The van der Waals surface area contributed by atoms with Gasteiger partial charge in [-0.3, -0.25) is 9.59 Å². The molecule has 2 aromatic rings.